The Labute approximate surface area is 137 Å². The maximum Gasteiger partial charge on any atom is 0.165 e. The Hall–Kier alpha value is -1.81. The molecule has 4 heteroatoms. The molecule has 3 atom stereocenters. The molecule has 4 nitrogen and oxygen atoms in total. The molecular weight excluding hydrogens is 290 g/mol. The van der Waals surface area contributed by atoms with E-state index in [0.29, 0.717) is 36.3 Å². The van der Waals surface area contributed by atoms with Crippen LogP contribution in [-0.4, -0.2) is 33.1 Å². The van der Waals surface area contributed by atoms with Crippen LogP contribution in [0.5, 0.6) is 11.5 Å². The number of carbonyl (C=O) groups excluding carboxylic acids is 1. The lowest BCUT2D eigenvalue weighted by atomic mass is 9.55. The van der Waals surface area contributed by atoms with Gasteiger partial charge in [0.15, 0.2) is 11.5 Å². The van der Waals surface area contributed by atoms with Crippen molar-refractivity contribution in [1.82, 2.24) is 5.32 Å². The van der Waals surface area contributed by atoms with E-state index in [9.17, 15) is 4.79 Å². The van der Waals surface area contributed by atoms with E-state index in [2.05, 4.69) is 18.0 Å². The highest BCUT2D eigenvalue weighted by molar-refractivity contribution is 5.82. The van der Waals surface area contributed by atoms with Crippen molar-refractivity contribution in [2.24, 2.45) is 5.92 Å². The van der Waals surface area contributed by atoms with Crippen molar-refractivity contribution in [3.8, 4) is 11.5 Å². The Morgan fingerprint density at radius 3 is 2.74 bits per heavy atom. The first-order chi connectivity index (χ1) is 11.1. The normalized spacial score (nSPS) is 29.4. The zero-order valence-corrected chi connectivity index (χ0v) is 14.1. The molecule has 0 unspecified atom stereocenters. The molecule has 1 aromatic rings. The van der Waals surface area contributed by atoms with Crippen LogP contribution in [0.25, 0.3) is 0 Å². The van der Waals surface area contributed by atoms with Gasteiger partial charge >= 0.3 is 0 Å². The standard InChI is InChI=1S/C19H25NO3/c1-5-19-11-13(21)7-8-14(19)15(20-2)10-12-6-9-16(22-3)18(23-4)17(12)19/h5-6,9,14-15,20H,1,7-8,10-11H2,2-4H3/t14-,15-,19+/m1/s1. The minimum absolute atomic E-state index is 0.300. The number of Topliss-reactive ketones (excluding diaryl/α,β-unsaturated/α-hetero) is 1. The number of ketones is 1. The minimum atomic E-state index is -0.378. The average molecular weight is 315 g/mol. The first kappa shape index (κ1) is 16.1. The van der Waals surface area contributed by atoms with E-state index in [0.717, 1.165) is 24.2 Å². The van der Waals surface area contributed by atoms with Crippen LogP contribution in [-0.2, 0) is 16.6 Å². The highest BCUT2D eigenvalue weighted by atomic mass is 16.5. The third kappa shape index (κ3) is 2.27. The zero-order valence-electron chi connectivity index (χ0n) is 14.1. The Morgan fingerprint density at radius 2 is 2.13 bits per heavy atom. The number of ether oxygens (including phenoxy) is 2. The third-order valence-electron chi connectivity index (χ3n) is 5.64. The van der Waals surface area contributed by atoms with Gasteiger partial charge in [0.05, 0.1) is 14.2 Å². The highest BCUT2D eigenvalue weighted by Crippen LogP contribution is 2.54. The summed E-state index contributed by atoms with van der Waals surface area (Å²) in [6.07, 6.45) is 4.94. The number of likely N-dealkylation sites (N-methyl/N-ethyl adjacent to an activating group) is 1. The molecule has 124 valence electrons. The lowest BCUT2D eigenvalue weighted by Crippen LogP contribution is -2.54. The van der Waals surface area contributed by atoms with Gasteiger partial charge in [-0.15, -0.1) is 6.58 Å². The predicted octanol–water partition coefficient (Wildman–Crippen LogP) is 2.64. The number of nitrogens with one attached hydrogen (secondary N) is 1. The van der Waals surface area contributed by atoms with Crippen molar-refractivity contribution >= 4 is 5.78 Å². The van der Waals surface area contributed by atoms with E-state index in [1.807, 2.05) is 19.2 Å². The molecule has 0 spiro atoms. The van der Waals surface area contributed by atoms with Crippen molar-refractivity contribution in [2.45, 2.75) is 37.1 Å². The van der Waals surface area contributed by atoms with E-state index in [1.54, 1.807) is 14.2 Å². The maximum atomic E-state index is 12.3. The van der Waals surface area contributed by atoms with E-state index in [1.165, 1.54) is 5.56 Å². The number of hydrogen-bond donors (Lipinski definition) is 1. The van der Waals surface area contributed by atoms with Gasteiger partial charge in [-0.3, -0.25) is 4.79 Å². The van der Waals surface area contributed by atoms with E-state index in [-0.39, 0.29) is 5.41 Å². The summed E-state index contributed by atoms with van der Waals surface area (Å²) in [7, 11) is 5.31. The van der Waals surface area contributed by atoms with Crippen LogP contribution in [0.4, 0.5) is 0 Å². The van der Waals surface area contributed by atoms with Crippen molar-refractivity contribution < 1.29 is 14.3 Å². The fourth-order valence-electron chi connectivity index (χ4n) is 4.61. The molecule has 0 bridgehead atoms. The molecular formula is C19H25NO3. The van der Waals surface area contributed by atoms with E-state index < -0.39 is 0 Å². The van der Waals surface area contributed by atoms with Crippen LogP contribution in [0.2, 0.25) is 0 Å². The van der Waals surface area contributed by atoms with Gasteiger partial charge in [-0.2, -0.15) is 0 Å². The van der Waals surface area contributed by atoms with Gasteiger partial charge in [0.1, 0.15) is 5.78 Å². The van der Waals surface area contributed by atoms with Crippen molar-refractivity contribution in [1.29, 1.82) is 0 Å². The van der Waals surface area contributed by atoms with Crippen LogP contribution >= 0.6 is 0 Å². The van der Waals surface area contributed by atoms with Crippen LogP contribution in [0, 0.1) is 5.92 Å². The molecule has 1 fully saturated rings. The van der Waals surface area contributed by atoms with Crippen LogP contribution in [0.1, 0.15) is 30.4 Å². The SMILES string of the molecule is C=C[C@]12CC(=O)CC[C@@H]1[C@H](NC)Cc1ccc(OC)c(OC)c12. The molecule has 3 rings (SSSR count). The summed E-state index contributed by atoms with van der Waals surface area (Å²) in [5.74, 6) is 2.11. The van der Waals surface area contributed by atoms with Crippen LogP contribution in [0.3, 0.4) is 0 Å². The zero-order chi connectivity index (χ0) is 16.6. The molecule has 2 aliphatic carbocycles. The Balaban J connectivity index is 2.28. The molecule has 23 heavy (non-hydrogen) atoms. The second-order valence-corrected chi connectivity index (χ2v) is 6.54. The Morgan fingerprint density at radius 1 is 1.35 bits per heavy atom. The van der Waals surface area contributed by atoms with Gasteiger partial charge in [-0.05, 0) is 37.4 Å². The summed E-state index contributed by atoms with van der Waals surface area (Å²) in [6, 6.07) is 4.39. The molecule has 0 saturated heterocycles. The van der Waals surface area contributed by atoms with Crippen molar-refractivity contribution in [3.63, 3.8) is 0 Å². The molecule has 1 N–H and O–H groups in total. The van der Waals surface area contributed by atoms with Gasteiger partial charge in [0.25, 0.3) is 0 Å². The first-order valence-corrected chi connectivity index (χ1v) is 8.18. The summed E-state index contributed by atoms with van der Waals surface area (Å²) < 4.78 is 11.2. The summed E-state index contributed by atoms with van der Waals surface area (Å²) in [5, 5.41) is 3.45. The van der Waals surface area contributed by atoms with Crippen molar-refractivity contribution in [3.05, 3.63) is 35.9 Å². The topological polar surface area (TPSA) is 47.6 Å². The summed E-state index contributed by atoms with van der Waals surface area (Å²) >= 11 is 0. The molecule has 2 aliphatic rings. The largest absolute Gasteiger partial charge is 0.493 e. The van der Waals surface area contributed by atoms with Crippen LogP contribution < -0.4 is 14.8 Å². The lowest BCUT2D eigenvalue weighted by Gasteiger charge is -2.50. The molecule has 0 aromatic heterocycles. The number of allylic oxidation sites excluding steroid dienone is 1. The summed E-state index contributed by atoms with van der Waals surface area (Å²) in [4.78, 5) is 12.3. The Kier molecular flexibility index (Phi) is 4.19. The fourth-order valence-corrected chi connectivity index (χ4v) is 4.61. The van der Waals surface area contributed by atoms with Gasteiger partial charge < -0.3 is 14.8 Å². The van der Waals surface area contributed by atoms with Gasteiger partial charge in [0, 0.05) is 29.9 Å². The molecule has 0 radical (unpaired) electrons. The first-order valence-electron chi connectivity index (χ1n) is 8.18. The van der Waals surface area contributed by atoms with Crippen molar-refractivity contribution in [2.75, 3.05) is 21.3 Å². The molecule has 0 heterocycles. The summed E-state index contributed by atoms with van der Waals surface area (Å²) in [6.45, 7) is 4.12. The Bertz CT molecular complexity index is 640. The van der Waals surface area contributed by atoms with Gasteiger partial charge in [0.2, 0.25) is 0 Å². The quantitative estimate of drug-likeness (QED) is 0.868. The second-order valence-electron chi connectivity index (χ2n) is 6.54. The van der Waals surface area contributed by atoms with Gasteiger partial charge in [-0.25, -0.2) is 0 Å². The predicted molar refractivity (Wildman–Crippen MR) is 90.3 cm³/mol. The molecule has 0 aliphatic heterocycles. The molecule has 1 aromatic carbocycles. The molecule has 1 saturated carbocycles. The van der Waals surface area contributed by atoms with Crippen LogP contribution in [0.15, 0.2) is 24.8 Å². The smallest absolute Gasteiger partial charge is 0.165 e. The number of fused-ring (bicyclic) bond motifs is 3. The summed E-state index contributed by atoms with van der Waals surface area (Å²) in [5.41, 5.74) is 1.93. The number of methoxy groups -OCH3 is 2. The molecule has 0 amide bonds. The van der Waals surface area contributed by atoms with Gasteiger partial charge in [-0.1, -0.05) is 12.1 Å². The number of hydrogen-bond acceptors (Lipinski definition) is 4. The lowest BCUT2D eigenvalue weighted by molar-refractivity contribution is -0.123. The second kappa shape index (κ2) is 6.00. The maximum absolute atomic E-state index is 12.3. The average Bonchev–Trinajstić information content (AvgIpc) is 2.59. The fraction of sp³-hybridized carbons (Fsp3) is 0.526. The van der Waals surface area contributed by atoms with E-state index in [4.69, 9.17) is 9.47 Å². The third-order valence-corrected chi connectivity index (χ3v) is 5.64. The minimum Gasteiger partial charge on any atom is -0.493 e. The monoisotopic (exact) mass is 315 g/mol. The highest BCUT2D eigenvalue weighted by Gasteiger charge is 2.51. The van der Waals surface area contributed by atoms with E-state index >= 15 is 0 Å². The number of rotatable bonds is 4. The number of carbonyl (C=O) groups is 1. The number of benzene rings is 1.